The Bertz CT molecular complexity index is 747. The summed E-state index contributed by atoms with van der Waals surface area (Å²) in [6.45, 7) is 2.43. The molecule has 1 unspecified atom stereocenters. The molecule has 1 saturated heterocycles. The average molecular weight is 342 g/mol. The predicted octanol–water partition coefficient (Wildman–Crippen LogP) is 2.26. The number of aliphatic hydroxyl groups is 1. The predicted molar refractivity (Wildman–Crippen MR) is 98.7 cm³/mol. The highest BCUT2D eigenvalue weighted by Gasteiger charge is 2.21. The van der Waals surface area contributed by atoms with Gasteiger partial charge in [-0.2, -0.15) is 0 Å². The van der Waals surface area contributed by atoms with Gasteiger partial charge >= 0.3 is 0 Å². The molecule has 0 aromatic heterocycles. The van der Waals surface area contributed by atoms with Crippen molar-refractivity contribution in [3.63, 3.8) is 0 Å². The second-order valence-corrected chi connectivity index (χ2v) is 6.83. The van der Waals surface area contributed by atoms with Gasteiger partial charge < -0.3 is 14.7 Å². The number of likely N-dealkylation sites (N-methyl/N-ethyl adjacent to an activating group) is 1. The van der Waals surface area contributed by atoms with Gasteiger partial charge in [0.1, 0.15) is 5.75 Å². The molecule has 0 radical (unpaired) electrons. The van der Waals surface area contributed by atoms with Crippen LogP contribution in [-0.4, -0.2) is 60.7 Å². The Kier molecular flexibility index (Phi) is 5.56. The molecule has 1 N–H and O–H groups in total. The average Bonchev–Trinajstić information content (AvgIpc) is 2.61. The summed E-state index contributed by atoms with van der Waals surface area (Å²) in [5, 5.41) is 12.0. The highest BCUT2D eigenvalue weighted by molar-refractivity contribution is 5.84. The van der Waals surface area contributed by atoms with Crippen molar-refractivity contribution in [2.45, 2.75) is 25.5 Å². The Balaban J connectivity index is 1.62. The summed E-state index contributed by atoms with van der Waals surface area (Å²) in [5.41, 5.74) is 1.10. The fourth-order valence-electron chi connectivity index (χ4n) is 3.35. The van der Waals surface area contributed by atoms with E-state index in [9.17, 15) is 9.90 Å². The van der Waals surface area contributed by atoms with Crippen LogP contribution in [0.1, 0.15) is 18.4 Å². The summed E-state index contributed by atoms with van der Waals surface area (Å²) in [6.07, 6.45) is 1.48. The zero-order valence-electron chi connectivity index (χ0n) is 14.9. The zero-order valence-corrected chi connectivity index (χ0v) is 14.9. The van der Waals surface area contributed by atoms with Crippen molar-refractivity contribution in [3.8, 4) is 5.75 Å². The van der Waals surface area contributed by atoms with Crippen molar-refractivity contribution in [1.29, 1.82) is 0 Å². The van der Waals surface area contributed by atoms with Gasteiger partial charge in [-0.25, -0.2) is 0 Å². The summed E-state index contributed by atoms with van der Waals surface area (Å²) in [4.78, 5) is 16.3. The van der Waals surface area contributed by atoms with E-state index in [1.54, 1.807) is 12.0 Å². The highest BCUT2D eigenvalue weighted by atomic mass is 16.5. The molecule has 25 heavy (non-hydrogen) atoms. The molecule has 1 fully saturated rings. The van der Waals surface area contributed by atoms with Crippen LogP contribution < -0.4 is 4.74 Å². The minimum absolute atomic E-state index is 0.0870. The van der Waals surface area contributed by atoms with E-state index in [-0.39, 0.29) is 12.0 Å². The van der Waals surface area contributed by atoms with Gasteiger partial charge in [0, 0.05) is 20.1 Å². The largest absolute Gasteiger partial charge is 0.497 e. The number of piperidine rings is 1. The Morgan fingerprint density at radius 3 is 2.80 bits per heavy atom. The van der Waals surface area contributed by atoms with Crippen molar-refractivity contribution in [2.24, 2.45) is 0 Å². The first-order valence-electron chi connectivity index (χ1n) is 8.76. The summed E-state index contributed by atoms with van der Waals surface area (Å²) in [6, 6.07) is 12.2. The van der Waals surface area contributed by atoms with Crippen molar-refractivity contribution >= 4 is 16.7 Å². The Morgan fingerprint density at radius 2 is 2.04 bits per heavy atom. The lowest BCUT2D eigenvalue weighted by Crippen LogP contribution is -2.44. The third kappa shape index (κ3) is 4.50. The molecule has 1 heterocycles. The molecule has 0 saturated carbocycles. The number of carbonyl (C=O) groups excluding carboxylic acids is 1. The van der Waals surface area contributed by atoms with E-state index in [0.717, 1.165) is 41.5 Å². The lowest BCUT2D eigenvalue weighted by molar-refractivity contribution is -0.132. The molecule has 0 aliphatic carbocycles. The van der Waals surface area contributed by atoms with Gasteiger partial charge in [-0.05, 0) is 53.9 Å². The fourth-order valence-corrected chi connectivity index (χ4v) is 3.35. The molecule has 1 aliphatic rings. The number of amides is 1. The van der Waals surface area contributed by atoms with Crippen LogP contribution in [-0.2, 0) is 11.3 Å². The van der Waals surface area contributed by atoms with Crippen LogP contribution in [0, 0.1) is 0 Å². The zero-order chi connectivity index (χ0) is 17.8. The smallest absolute Gasteiger partial charge is 0.236 e. The summed E-state index contributed by atoms with van der Waals surface area (Å²) in [7, 11) is 3.50. The molecule has 2 aromatic rings. The van der Waals surface area contributed by atoms with Gasteiger partial charge in [0.15, 0.2) is 0 Å². The van der Waals surface area contributed by atoms with Crippen LogP contribution >= 0.6 is 0 Å². The van der Waals surface area contributed by atoms with Crippen molar-refractivity contribution in [2.75, 3.05) is 33.8 Å². The van der Waals surface area contributed by atoms with E-state index in [0.29, 0.717) is 19.6 Å². The molecule has 1 aliphatic heterocycles. The Hall–Kier alpha value is -2.11. The number of nitrogens with zero attached hydrogens (tertiary/aromatic N) is 2. The SMILES string of the molecule is COc1ccc2cc(CN(C)C(=O)CN3CCCC(O)C3)ccc2c1. The van der Waals surface area contributed by atoms with Gasteiger partial charge in [-0.15, -0.1) is 0 Å². The first-order valence-corrected chi connectivity index (χ1v) is 8.76. The molecule has 0 bridgehead atoms. The van der Waals surface area contributed by atoms with Gasteiger partial charge in [0.2, 0.25) is 5.91 Å². The normalized spacial score (nSPS) is 18.3. The molecular weight excluding hydrogens is 316 g/mol. The van der Waals surface area contributed by atoms with Crippen LogP contribution in [0.4, 0.5) is 0 Å². The number of hydrogen-bond donors (Lipinski definition) is 1. The van der Waals surface area contributed by atoms with Crippen molar-refractivity contribution < 1.29 is 14.6 Å². The highest BCUT2D eigenvalue weighted by Crippen LogP contribution is 2.22. The van der Waals surface area contributed by atoms with Gasteiger partial charge in [0.25, 0.3) is 0 Å². The molecule has 1 amide bonds. The number of methoxy groups -OCH3 is 1. The molecule has 134 valence electrons. The maximum Gasteiger partial charge on any atom is 0.236 e. The van der Waals surface area contributed by atoms with Crippen LogP contribution in [0.15, 0.2) is 36.4 Å². The molecule has 2 aromatic carbocycles. The van der Waals surface area contributed by atoms with Crippen molar-refractivity contribution in [1.82, 2.24) is 9.80 Å². The van der Waals surface area contributed by atoms with Crippen molar-refractivity contribution in [3.05, 3.63) is 42.0 Å². The van der Waals surface area contributed by atoms with E-state index in [4.69, 9.17) is 4.74 Å². The fraction of sp³-hybridized carbons (Fsp3) is 0.450. The lowest BCUT2D eigenvalue weighted by Gasteiger charge is -2.30. The number of ether oxygens (including phenoxy) is 1. The quantitative estimate of drug-likeness (QED) is 0.906. The van der Waals surface area contributed by atoms with E-state index in [1.807, 2.05) is 30.1 Å². The Morgan fingerprint density at radius 1 is 1.28 bits per heavy atom. The molecular formula is C20H26N2O3. The molecule has 3 rings (SSSR count). The number of aliphatic hydroxyl groups excluding tert-OH is 1. The second kappa shape index (κ2) is 7.85. The van der Waals surface area contributed by atoms with Crippen LogP contribution in [0.2, 0.25) is 0 Å². The summed E-state index contributed by atoms with van der Waals surface area (Å²) in [5.74, 6) is 0.931. The maximum absolute atomic E-state index is 12.5. The summed E-state index contributed by atoms with van der Waals surface area (Å²) < 4.78 is 5.25. The van der Waals surface area contributed by atoms with E-state index < -0.39 is 0 Å². The number of fused-ring (bicyclic) bond motifs is 1. The minimum Gasteiger partial charge on any atom is -0.497 e. The topological polar surface area (TPSA) is 53.0 Å². The molecule has 5 nitrogen and oxygen atoms in total. The first kappa shape index (κ1) is 17.7. The van der Waals surface area contributed by atoms with Crippen LogP contribution in [0.25, 0.3) is 10.8 Å². The monoisotopic (exact) mass is 342 g/mol. The van der Waals surface area contributed by atoms with Gasteiger partial charge in [-0.3, -0.25) is 9.69 Å². The van der Waals surface area contributed by atoms with Gasteiger partial charge in [0.05, 0.1) is 19.8 Å². The van der Waals surface area contributed by atoms with E-state index in [2.05, 4.69) is 18.2 Å². The van der Waals surface area contributed by atoms with E-state index in [1.165, 1.54) is 0 Å². The van der Waals surface area contributed by atoms with Gasteiger partial charge in [-0.1, -0.05) is 18.2 Å². The number of hydrogen-bond acceptors (Lipinski definition) is 4. The van der Waals surface area contributed by atoms with Crippen LogP contribution in [0.5, 0.6) is 5.75 Å². The number of rotatable bonds is 5. The van der Waals surface area contributed by atoms with Crippen LogP contribution in [0.3, 0.4) is 0 Å². The lowest BCUT2D eigenvalue weighted by atomic mass is 10.1. The van der Waals surface area contributed by atoms with E-state index >= 15 is 0 Å². The molecule has 1 atom stereocenters. The standard InChI is InChI=1S/C20H26N2O3/c1-21(20(24)14-22-9-3-4-18(23)13-22)12-15-5-6-17-11-19(25-2)8-7-16(17)10-15/h5-8,10-11,18,23H,3-4,9,12-14H2,1-2H3. The number of benzene rings is 2. The molecule has 5 heteroatoms. The maximum atomic E-state index is 12.5. The third-order valence-electron chi connectivity index (χ3n) is 4.80. The molecule has 0 spiro atoms. The number of β-amino-alcohol motifs (C(OH)–C–C–N with tert-alkyl or cyclic N) is 1. The minimum atomic E-state index is -0.302. The number of likely N-dealkylation sites (tertiary alicyclic amines) is 1. The second-order valence-electron chi connectivity index (χ2n) is 6.83. The summed E-state index contributed by atoms with van der Waals surface area (Å²) >= 11 is 0. The third-order valence-corrected chi connectivity index (χ3v) is 4.80. The number of carbonyl (C=O) groups is 1. The first-order chi connectivity index (χ1) is 12.0. The Labute approximate surface area is 148 Å².